The van der Waals surface area contributed by atoms with Crippen LogP contribution < -0.4 is 5.32 Å². The maximum absolute atomic E-state index is 12.5. The van der Waals surface area contributed by atoms with Crippen molar-refractivity contribution in [3.05, 3.63) is 47.5 Å². The van der Waals surface area contributed by atoms with Crippen LogP contribution in [0.4, 0.5) is 0 Å². The van der Waals surface area contributed by atoms with Crippen molar-refractivity contribution in [2.24, 2.45) is 44.1 Å². The fourth-order valence-electron chi connectivity index (χ4n) is 10.7. The van der Waals surface area contributed by atoms with E-state index in [1.165, 1.54) is 50.5 Å². The molecule has 5 aliphatic carbocycles. The fraction of sp³-hybridized carbons (Fsp3) is 0.688. The molecule has 0 unspecified atom stereocenters. The lowest BCUT2D eigenvalue weighted by molar-refractivity contribution is -0.126. The number of carbonyl (C=O) groups is 1. The summed E-state index contributed by atoms with van der Waals surface area (Å²) in [6.07, 6.45) is 13.0. The molecule has 0 saturated heterocycles. The number of nitrogens with zero attached hydrogens (tertiary/aromatic N) is 1. The van der Waals surface area contributed by atoms with Gasteiger partial charge in [-0.1, -0.05) is 57.1 Å². The quantitative estimate of drug-likeness (QED) is 0.278. The minimum Gasteiger partial charge on any atom is -0.316 e. The topological polar surface area (TPSA) is 50.7 Å². The van der Waals surface area contributed by atoms with Crippen molar-refractivity contribution >= 4 is 11.7 Å². The molecule has 4 nitrogen and oxygen atoms in total. The average Bonchev–Trinajstić information content (AvgIpc) is 3.44. The first-order valence-corrected chi connectivity index (χ1v) is 14.3. The monoisotopic (exact) mass is 488 g/mol. The third-order valence-electron chi connectivity index (χ3n) is 12.7. The first-order chi connectivity index (χ1) is 17.1. The molecule has 1 aromatic carbocycles. The van der Waals surface area contributed by atoms with Gasteiger partial charge in [0.2, 0.25) is 0 Å². The van der Waals surface area contributed by atoms with Gasteiger partial charge in [0.15, 0.2) is 0 Å². The molecule has 7 atom stereocenters. The largest absolute Gasteiger partial charge is 0.365 e. The van der Waals surface area contributed by atoms with Gasteiger partial charge in [0.05, 0.1) is 11.3 Å². The number of hydrogen-bond acceptors (Lipinski definition) is 4. The molecule has 4 fully saturated rings. The van der Waals surface area contributed by atoms with Crippen LogP contribution in [0, 0.1) is 38.9 Å². The predicted molar refractivity (Wildman–Crippen MR) is 145 cm³/mol. The Morgan fingerprint density at radius 2 is 1.67 bits per heavy atom. The summed E-state index contributed by atoms with van der Waals surface area (Å²) in [5.74, 6) is 1.23. The van der Waals surface area contributed by atoms with Crippen molar-refractivity contribution in [1.82, 2.24) is 5.32 Å². The van der Waals surface area contributed by atoms with Crippen molar-refractivity contribution < 1.29 is 9.63 Å². The maximum atomic E-state index is 12.5. The van der Waals surface area contributed by atoms with Gasteiger partial charge >= 0.3 is 5.97 Å². The van der Waals surface area contributed by atoms with Gasteiger partial charge < -0.3 is 10.2 Å². The molecule has 4 heteroatoms. The molecule has 1 N–H and O–H groups in total. The SMILES string of the molecule is CN[C@H]1CC[C@]23C[C@]24CC[C@]2(C)C(/C(C)=N\OC(=O)c5ccccc5)=CC[C@@]2(C)[C@@H]4CC[C@H]3C1(C)C. The van der Waals surface area contributed by atoms with Gasteiger partial charge in [0.1, 0.15) is 0 Å². The Hall–Kier alpha value is -1.94. The third-order valence-corrected chi connectivity index (χ3v) is 12.7. The number of carbonyl (C=O) groups excluding carboxylic acids is 1. The zero-order valence-electron chi connectivity index (χ0n) is 23.1. The molecule has 36 heavy (non-hydrogen) atoms. The summed E-state index contributed by atoms with van der Waals surface area (Å²) < 4.78 is 0. The summed E-state index contributed by atoms with van der Waals surface area (Å²) in [5.41, 5.74) is 4.53. The van der Waals surface area contributed by atoms with Crippen LogP contribution in [0.1, 0.15) is 96.3 Å². The van der Waals surface area contributed by atoms with E-state index in [4.69, 9.17) is 4.84 Å². The summed E-state index contributed by atoms with van der Waals surface area (Å²) in [6, 6.07) is 9.79. The molecule has 6 rings (SSSR count). The lowest BCUT2D eigenvalue weighted by atomic mass is 9.42. The van der Waals surface area contributed by atoms with Crippen molar-refractivity contribution in [3.8, 4) is 0 Å². The molecule has 4 saturated carbocycles. The maximum Gasteiger partial charge on any atom is 0.365 e. The summed E-state index contributed by atoms with van der Waals surface area (Å²) in [4.78, 5) is 17.9. The second-order valence-corrected chi connectivity index (χ2v) is 13.9. The number of nitrogens with one attached hydrogen (secondary N) is 1. The number of benzene rings is 1. The Kier molecular flexibility index (Phi) is 5.28. The molecule has 5 aliphatic rings. The van der Waals surface area contributed by atoms with Gasteiger partial charge in [-0.15, -0.1) is 0 Å². The Bertz CT molecular complexity index is 1140. The van der Waals surface area contributed by atoms with E-state index < -0.39 is 0 Å². The first-order valence-electron chi connectivity index (χ1n) is 14.3. The average molecular weight is 489 g/mol. The van der Waals surface area contributed by atoms with Gasteiger partial charge in [0.25, 0.3) is 0 Å². The van der Waals surface area contributed by atoms with Crippen LogP contribution in [0.5, 0.6) is 0 Å². The smallest absolute Gasteiger partial charge is 0.316 e. The van der Waals surface area contributed by atoms with Crippen LogP contribution in [0.2, 0.25) is 0 Å². The van der Waals surface area contributed by atoms with E-state index >= 15 is 0 Å². The molecule has 194 valence electrons. The first kappa shape index (κ1) is 24.4. The highest BCUT2D eigenvalue weighted by Gasteiger charge is 2.81. The standard InChI is InChI=1S/C32H44N2O2/c1-21(34-36-27(35)22-10-8-7-9-11-22)23-14-16-30(5)25-13-12-24-28(2,3)26(33-6)15-17-31(24)20-32(25,31)19-18-29(23,30)4/h7-11,14,24-26,33H,12-13,15-20H2,1-6H3/b34-21-/t24-,25-,26-,29+,30-,31+,32-/m0/s1. The molecule has 1 aromatic rings. The third kappa shape index (κ3) is 2.91. The number of hydrogen-bond donors (Lipinski definition) is 1. The van der Waals surface area contributed by atoms with E-state index in [0.717, 1.165) is 24.0 Å². The Morgan fingerprint density at radius 1 is 0.972 bits per heavy atom. The van der Waals surface area contributed by atoms with E-state index in [2.05, 4.69) is 51.3 Å². The summed E-state index contributed by atoms with van der Waals surface area (Å²) in [6.45, 7) is 12.2. The number of oxime groups is 1. The molecule has 0 aromatic heterocycles. The van der Waals surface area contributed by atoms with E-state index in [-0.39, 0.29) is 16.8 Å². The Balaban J connectivity index is 1.25. The number of fused-ring (bicyclic) bond motifs is 2. The van der Waals surface area contributed by atoms with Gasteiger partial charge in [-0.2, -0.15) is 0 Å². The van der Waals surface area contributed by atoms with Crippen LogP contribution in [0.25, 0.3) is 0 Å². The minimum atomic E-state index is -0.387. The molecule has 0 amide bonds. The Morgan fingerprint density at radius 3 is 2.39 bits per heavy atom. The summed E-state index contributed by atoms with van der Waals surface area (Å²) in [7, 11) is 2.17. The zero-order chi connectivity index (χ0) is 25.6. The van der Waals surface area contributed by atoms with Crippen molar-refractivity contribution in [1.29, 1.82) is 0 Å². The van der Waals surface area contributed by atoms with Crippen molar-refractivity contribution in [2.75, 3.05) is 7.05 Å². The zero-order valence-corrected chi connectivity index (χ0v) is 23.1. The number of rotatable bonds is 4. The molecule has 0 radical (unpaired) electrons. The van der Waals surface area contributed by atoms with E-state index in [1.807, 2.05) is 25.1 Å². The second kappa shape index (κ2) is 7.79. The molecule has 0 aliphatic heterocycles. The van der Waals surface area contributed by atoms with Gasteiger partial charge in [-0.25, -0.2) is 4.79 Å². The van der Waals surface area contributed by atoms with Crippen molar-refractivity contribution in [2.45, 2.75) is 92.0 Å². The highest BCUT2D eigenvalue weighted by atomic mass is 16.7. The van der Waals surface area contributed by atoms with Crippen LogP contribution in [-0.4, -0.2) is 24.8 Å². The van der Waals surface area contributed by atoms with Crippen molar-refractivity contribution in [3.63, 3.8) is 0 Å². The highest BCUT2D eigenvalue weighted by molar-refractivity contribution is 6.00. The van der Waals surface area contributed by atoms with E-state index in [9.17, 15) is 4.79 Å². The summed E-state index contributed by atoms with van der Waals surface area (Å²) in [5, 5.41) is 8.05. The van der Waals surface area contributed by atoms with Gasteiger partial charge in [-0.3, -0.25) is 0 Å². The second-order valence-electron chi connectivity index (χ2n) is 13.9. The lowest BCUT2D eigenvalue weighted by Gasteiger charge is -2.63. The van der Waals surface area contributed by atoms with E-state index in [0.29, 0.717) is 27.9 Å². The molecule has 0 heterocycles. The molecule has 0 bridgehead atoms. The van der Waals surface area contributed by atoms with Gasteiger partial charge in [0, 0.05) is 11.5 Å². The van der Waals surface area contributed by atoms with Gasteiger partial charge in [-0.05, 0) is 117 Å². The van der Waals surface area contributed by atoms with Crippen LogP contribution >= 0.6 is 0 Å². The number of allylic oxidation sites excluding steroid dienone is 2. The Labute approximate surface area is 217 Å². The summed E-state index contributed by atoms with van der Waals surface area (Å²) >= 11 is 0. The highest BCUT2D eigenvalue weighted by Crippen LogP contribution is 2.88. The molecular formula is C32H44N2O2. The normalized spacial score (nSPS) is 44.4. The van der Waals surface area contributed by atoms with E-state index in [1.54, 1.807) is 12.1 Å². The minimum absolute atomic E-state index is 0.0873. The van der Waals surface area contributed by atoms with Crippen LogP contribution in [0.15, 0.2) is 47.1 Å². The fourth-order valence-corrected chi connectivity index (χ4v) is 10.7. The lowest BCUT2D eigenvalue weighted by Crippen LogP contribution is -2.59. The van der Waals surface area contributed by atoms with Crippen LogP contribution in [-0.2, 0) is 4.84 Å². The molecular weight excluding hydrogens is 444 g/mol. The predicted octanol–water partition coefficient (Wildman–Crippen LogP) is 7.17. The van der Waals surface area contributed by atoms with Crippen LogP contribution in [0.3, 0.4) is 0 Å². The molecule has 2 spiro atoms.